The molecule has 0 atom stereocenters. The molecule has 0 fully saturated rings. The summed E-state index contributed by atoms with van der Waals surface area (Å²) in [6, 6.07) is 0. The van der Waals surface area contributed by atoms with Crippen molar-refractivity contribution in [1.82, 2.24) is 0 Å². The molecule has 0 heterocycles. The zero-order valence-corrected chi connectivity index (χ0v) is 4.46. The molecule has 0 radical (unpaired) electrons. The largest absolute Gasteiger partial charge is 0.512 e. The lowest BCUT2D eigenvalue weighted by Crippen LogP contribution is -1.90. The van der Waals surface area contributed by atoms with Crippen LogP contribution in [0.2, 0.25) is 0 Å². The Labute approximate surface area is 47.8 Å². The Morgan fingerprint density at radius 3 is 1.88 bits per heavy atom. The summed E-state index contributed by atoms with van der Waals surface area (Å²) < 4.78 is 0. The molecule has 8 heavy (non-hydrogen) atoms. The third-order valence-electron chi connectivity index (χ3n) is 1.07. The van der Waals surface area contributed by atoms with Crippen LogP contribution >= 0.6 is 0 Å². The fourth-order valence-corrected chi connectivity index (χ4v) is 0.661. The van der Waals surface area contributed by atoms with Crippen LogP contribution in [0.3, 0.4) is 0 Å². The Morgan fingerprint density at radius 1 is 1.12 bits per heavy atom. The summed E-state index contributed by atoms with van der Waals surface area (Å²) >= 11 is 0. The Morgan fingerprint density at radius 2 is 1.62 bits per heavy atom. The lowest BCUT2D eigenvalue weighted by atomic mass is 10.1. The predicted octanol–water partition coefficient (Wildman–Crippen LogP) is 1.66. The second kappa shape index (κ2) is 1.90. The van der Waals surface area contributed by atoms with Crippen LogP contribution in [0.1, 0.15) is 12.8 Å². The molecule has 2 nitrogen and oxygen atoms in total. The van der Waals surface area contributed by atoms with Crippen molar-refractivity contribution < 1.29 is 10.2 Å². The van der Waals surface area contributed by atoms with Crippen molar-refractivity contribution in [3.8, 4) is 0 Å². The molecule has 0 unspecified atom stereocenters. The number of rotatable bonds is 0. The highest BCUT2D eigenvalue weighted by Gasteiger charge is 2.01. The highest BCUT2D eigenvalue weighted by Crippen LogP contribution is 2.12. The summed E-state index contributed by atoms with van der Waals surface area (Å²) in [5.74, 6) is 0.537. The molecule has 0 spiro atoms. The highest BCUT2D eigenvalue weighted by atomic mass is 16.3. The van der Waals surface area contributed by atoms with Crippen molar-refractivity contribution in [2.24, 2.45) is 0 Å². The first-order valence-electron chi connectivity index (χ1n) is 2.55. The Bertz CT molecular complexity index is 129. The summed E-state index contributed by atoms with van der Waals surface area (Å²) in [6.07, 6.45) is 4.32. The van der Waals surface area contributed by atoms with Gasteiger partial charge in [0.05, 0.1) is 17.9 Å². The zero-order valence-electron chi connectivity index (χ0n) is 4.46. The van der Waals surface area contributed by atoms with E-state index in [-0.39, 0.29) is 11.5 Å². The molecule has 2 heteroatoms. The molecule has 44 valence electrons. The van der Waals surface area contributed by atoms with Gasteiger partial charge in [-0.15, -0.1) is 0 Å². The quantitative estimate of drug-likeness (QED) is 0.500. The minimum Gasteiger partial charge on any atom is -0.512 e. The van der Waals surface area contributed by atoms with Gasteiger partial charge in [-0.1, -0.05) is 0 Å². The molecule has 0 amide bonds. The second-order valence-electron chi connectivity index (χ2n) is 1.80. The molecular weight excluding hydrogens is 104 g/mol. The lowest BCUT2D eigenvalue weighted by Gasteiger charge is -2.02. The van der Waals surface area contributed by atoms with Crippen molar-refractivity contribution in [2.45, 2.75) is 12.8 Å². The maximum atomic E-state index is 8.74. The van der Waals surface area contributed by atoms with Gasteiger partial charge < -0.3 is 10.2 Å². The fraction of sp³-hybridized carbons (Fsp3) is 0.333. The standard InChI is InChI=1S/C6H8O2/c7-5-2-1-3-6(8)4-5/h2-3,7-8H,1,4H2. The average Bonchev–Trinajstić information content (AvgIpc) is 1.64. The van der Waals surface area contributed by atoms with Gasteiger partial charge in [0.2, 0.25) is 0 Å². The lowest BCUT2D eigenvalue weighted by molar-refractivity contribution is 0.334. The Balaban J connectivity index is 2.57. The maximum absolute atomic E-state index is 8.74. The maximum Gasteiger partial charge on any atom is 0.0961 e. The average molecular weight is 112 g/mol. The van der Waals surface area contributed by atoms with Gasteiger partial charge in [0, 0.05) is 0 Å². The van der Waals surface area contributed by atoms with Crippen LogP contribution in [0.25, 0.3) is 0 Å². The number of hydrogen-bond acceptors (Lipinski definition) is 2. The van der Waals surface area contributed by atoms with E-state index < -0.39 is 0 Å². The minimum absolute atomic E-state index is 0.269. The molecule has 0 saturated heterocycles. The van der Waals surface area contributed by atoms with E-state index in [1.807, 2.05) is 0 Å². The predicted molar refractivity (Wildman–Crippen MR) is 30.7 cm³/mol. The molecule has 2 N–H and O–H groups in total. The first kappa shape index (κ1) is 5.22. The smallest absolute Gasteiger partial charge is 0.0961 e. The van der Waals surface area contributed by atoms with Crippen LogP contribution < -0.4 is 0 Å². The topological polar surface area (TPSA) is 40.5 Å². The summed E-state index contributed by atoms with van der Waals surface area (Å²) in [5, 5.41) is 17.5. The van der Waals surface area contributed by atoms with E-state index in [1.54, 1.807) is 12.2 Å². The zero-order chi connectivity index (χ0) is 5.98. The van der Waals surface area contributed by atoms with E-state index in [4.69, 9.17) is 10.2 Å². The van der Waals surface area contributed by atoms with E-state index >= 15 is 0 Å². The van der Waals surface area contributed by atoms with Gasteiger partial charge >= 0.3 is 0 Å². The van der Waals surface area contributed by atoms with Crippen LogP contribution in [-0.2, 0) is 0 Å². The van der Waals surface area contributed by atoms with Crippen LogP contribution in [-0.4, -0.2) is 10.2 Å². The third-order valence-corrected chi connectivity index (χ3v) is 1.07. The first-order valence-corrected chi connectivity index (χ1v) is 2.55. The van der Waals surface area contributed by atoms with Crippen LogP contribution in [0.15, 0.2) is 23.7 Å². The summed E-state index contributed by atoms with van der Waals surface area (Å²) in [5.41, 5.74) is 0. The van der Waals surface area contributed by atoms with E-state index in [1.165, 1.54) is 0 Å². The molecular formula is C6H8O2. The van der Waals surface area contributed by atoms with Crippen LogP contribution in [0, 0.1) is 0 Å². The number of hydrogen-bond donors (Lipinski definition) is 2. The number of aliphatic hydroxyl groups is 2. The van der Waals surface area contributed by atoms with Crippen molar-refractivity contribution in [3.05, 3.63) is 23.7 Å². The number of aliphatic hydroxyl groups excluding tert-OH is 2. The van der Waals surface area contributed by atoms with Crippen molar-refractivity contribution in [2.75, 3.05) is 0 Å². The van der Waals surface area contributed by atoms with E-state index in [0.29, 0.717) is 12.8 Å². The first-order chi connectivity index (χ1) is 3.79. The SMILES string of the molecule is OC1=CCC=C(O)C1. The van der Waals surface area contributed by atoms with Crippen molar-refractivity contribution in [3.63, 3.8) is 0 Å². The fourth-order valence-electron chi connectivity index (χ4n) is 0.661. The summed E-state index contributed by atoms with van der Waals surface area (Å²) in [7, 11) is 0. The molecule has 1 aliphatic carbocycles. The third kappa shape index (κ3) is 1.03. The summed E-state index contributed by atoms with van der Waals surface area (Å²) in [4.78, 5) is 0. The van der Waals surface area contributed by atoms with Crippen molar-refractivity contribution in [1.29, 1.82) is 0 Å². The van der Waals surface area contributed by atoms with Gasteiger partial charge in [0.1, 0.15) is 0 Å². The normalized spacial score (nSPS) is 19.5. The van der Waals surface area contributed by atoms with Crippen LogP contribution in [0.4, 0.5) is 0 Å². The molecule has 0 aromatic heterocycles. The molecule has 0 aromatic carbocycles. The van der Waals surface area contributed by atoms with Gasteiger partial charge in [-0.25, -0.2) is 0 Å². The minimum atomic E-state index is 0.269. The molecule has 1 aliphatic rings. The van der Waals surface area contributed by atoms with Crippen molar-refractivity contribution >= 4 is 0 Å². The Hall–Kier alpha value is -0.920. The second-order valence-corrected chi connectivity index (χ2v) is 1.80. The van der Waals surface area contributed by atoms with E-state index in [9.17, 15) is 0 Å². The van der Waals surface area contributed by atoms with Crippen LogP contribution in [0.5, 0.6) is 0 Å². The van der Waals surface area contributed by atoms with Gasteiger partial charge in [0.15, 0.2) is 0 Å². The number of allylic oxidation sites excluding steroid dienone is 2. The van der Waals surface area contributed by atoms with E-state index in [2.05, 4.69) is 0 Å². The molecule has 0 bridgehead atoms. The monoisotopic (exact) mass is 112 g/mol. The van der Waals surface area contributed by atoms with Gasteiger partial charge in [-0.2, -0.15) is 0 Å². The molecule has 0 saturated carbocycles. The Kier molecular flexibility index (Phi) is 1.24. The van der Waals surface area contributed by atoms with Gasteiger partial charge in [0.25, 0.3) is 0 Å². The van der Waals surface area contributed by atoms with Gasteiger partial charge in [-0.3, -0.25) is 0 Å². The molecule has 0 aromatic rings. The van der Waals surface area contributed by atoms with E-state index in [0.717, 1.165) is 0 Å². The molecule has 1 rings (SSSR count). The van der Waals surface area contributed by atoms with Gasteiger partial charge in [-0.05, 0) is 18.6 Å². The summed E-state index contributed by atoms with van der Waals surface area (Å²) in [6.45, 7) is 0. The highest BCUT2D eigenvalue weighted by molar-refractivity contribution is 5.12. The molecule has 0 aliphatic heterocycles.